The van der Waals surface area contributed by atoms with Gasteiger partial charge in [0.15, 0.2) is 0 Å². The molecule has 0 radical (unpaired) electrons. The molecule has 1 aromatic rings. The van der Waals surface area contributed by atoms with Crippen LogP contribution in [0.15, 0.2) is 12.1 Å². The van der Waals surface area contributed by atoms with E-state index in [2.05, 4.69) is 22.1 Å². The number of rotatable bonds is 6. The van der Waals surface area contributed by atoms with Crippen LogP contribution >= 0.6 is 0 Å². The van der Waals surface area contributed by atoms with Gasteiger partial charge in [0.1, 0.15) is 5.82 Å². The number of nitro groups is 1. The number of anilines is 2. The average Bonchev–Trinajstić information content (AvgIpc) is 2.48. The summed E-state index contributed by atoms with van der Waals surface area (Å²) in [5.41, 5.74) is 0.0839. The second-order valence-electron chi connectivity index (χ2n) is 5.16. The Kier molecular flexibility index (Phi) is 5.32. The van der Waals surface area contributed by atoms with E-state index in [0.29, 0.717) is 11.6 Å². The molecule has 116 valence electrons. The van der Waals surface area contributed by atoms with E-state index in [-0.39, 0.29) is 10.6 Å². The number of hydrogen-bond donors (Lipinski definition) is 1. The van der Waals surface area contributed by atoms with Crippen molar-refractivity contribution in [1.29, 1.82) is 0 Å². The molecule has 7 heteroatoms. The first-order valence-electron chi connectivity index (χ1n) is 7.52. The number of piperazine rings is 1. The third-order valence-corrected chi connectivity index (χ3v) is 3.62. The Morgan fingerprint density at radius 3 is 2.57 bits per heavy atom. The molecule has 1 N–H and O–H groups in total. The van der Waals surface area contributed by atoms with Gasteiger partial charge in [0, 0.05) is 38.8 Å². The predicted octanol–water partition coefficient (Wildman–Crippen LogP) is 1.95. The van der Waals surface area contributed by atoms with E-state index in [1.807, 2.05) is 11.8 Å². The Morgan fingerprint density at radius 2 is 2.00 bits per heavy atom. The molecule has 1 fully saturated rings. The van der Waals surface area contributed by atoms with Gasteiger partial charge in [-0.1, -0.05) is 6.92 Å². The summed E-state index contributed by atoms with van der Waals surface area (Å²) < 4.78 is 0. The maximum Gasteiger partial charge on any atom is 0.311 e. The Labute approximate surface area is 125 Å². The zero-order chi connectivity index (χ0) is 15.2. The molecule has 0 amide bonds. The maximum absolute atomic E-state index is 11.2. The predicted molar refractivity (Wildman–Crippen MR) is 84.0 cm³/mol. The third-order valence-electron chi connectivity index (χ3n) is 3.62. The lowest BCUT2D eigenvalue weighted by molar-refractivity contribution is -0.384. The molecule has 1 aliphatic heterocycles. The molecule has 0 saturated carbocycles. The van der Waals surface area contributed by atoms with Crippen LogP contribution in [0.5, 0.6) is 0 Å². The van der Waals surface area contributed by atoms with E-state index in [4.69, 9.17) is 0 Å². The minimum atomic E-state index is -0.351. The zero-order valence-corrected chi connectivity index (χ0v) is 12.7. The lowest BCUT2D eigenvalue weighted by Crippen LogP contribution is -2.47. The monoisotopic (exact) mass is 293 g/mol. The largest absolute Gasteiger partial charge is 0.370 e. The van der Waals surface area contributed by atoms with Gasteiger partial charge in [-0.2, -0.15) is 0 Å². The number of nitrogens with one attached hydrogen (secondary N) is 1. The molecule has 21 heavy (non-hydrogen) atoms. The molecule has 0 aliphatic carbocycles. The highest BCUT2D eigenvalue weighted by Gasteiger charge is 2.25. The van der Waals surface area contributed by atoms with Crippen molar-refractivity contribution < 1.29 is 4.92 Å². The highest BCUT2D eigenvalue weighted by atomic mass is 16.6. The fourth-order valence-corrected chi connectivity index (χ4v) is 2.60. The molecule has 2 rings (SSSR count). The topological polar surface area (TPSA) is 74.5 Å². The SMILES string of the molecule is CCCN1CCN(c2nc(NCC)ccc2[N+](=O)[O-])CC1. The first kappa shape index (κ1) is 15.5. The summed E-state index contributed by atoms with van der Waals surface area (Å²) in [4.78, 5) is 19.7. The molecule has 0 unspecified atom stereocenters. The van der Waals surface area contributed by atoms with Crippen molar-refractivity contribution in [2.45, 2.75) is 20.3 Å². The lowest BCUT2D eigenvalue weighted by atomic mass is 10.2. The Hall–Kier alpha value is -1.89. The minimum absolute atomic E-state index is 0.0839. The highest BCUT2D eigenvalue weighted by Crippen LogP contribution is 2.28. The summed E-state index contributed by atoms with van der Waals surface area (Å²) in [6, 6.07) is 3.21. The quantitative estimate of drug-likeness (QED) is 0.638. The maximum atomic E-state index is 11.2. The molecule has 0 atom stereocenters. The second kappa shape index (κ2) is 7.21. The van der Waals surface area contributed by atoms with Crippen molar-refractivity contribution in [2.75, 3.05) is 49.5 Å². The van der Waals surface area contributed by atoms with Gasteiger partial charge in [-0.15, -0.1) is 0 Å². The Bertz CT molecular complexity index is 486. The van der Waals surface area contributed by atoms with Crippen LogP contribution in [0.2, 0.25) is 0 Å². The van der Waals surface area contributed by atoms with Crippen molar-refractivity contribution >= 4 is 17.3 Å². The van der Waals surface area contributed by atoms with Gasteiger partial charge < -0.3 is 10.2 Å². The average molecular weight is 293 g/mol. The van der Waals surface area contributed by atoms with Gasteiger partial charge >= 0.3 is 5.69 Å². The molecular weight excluding hydrogens is 270 g/mol. The molecule has 0 spiro atoms. The second-order valence-corrected chi connectivity index (χ2v) is 5.16. The summed E-state index contributed by atoms with van der Waals surface area (Å²) in [6.07, 6.45) is 1.13. The van der Waals surface area contributed by atoms with Crippen LogP contribution in [0.1, 0.15) is 20.3 Å². The van der Waals surface area contributed by atoms with Gasteiger partial charge in [0.25, 0.3) is 0 Å². The van der Waals surface area contributed by atoms with Gasteiger partial charge in [-0.25, -0.2) is 4.98 Å². The highest BCUT2D eigenvalue weighted by molar-refractivity contribution is 5.62. The number of pyridine rings is 1. The Morgan fingerprint density at radius 1 is 1.29 bits per heavy atom. The van der Waals surface area contributed by atoms with Crippen LogP contribution < -0.4 is 10.2 Å². The minimum Gasteiger partial charge on any atom is -0.370 e. The van der Waals surface area contributed by atoms with Crippen LogP contribution in [0, 0.1) is 10.1 Å². The van der Waals surface area contributed by atoms with E-state index in [0.717, 1.165) is 45.7 Å². The summed E-state index contributed by atoms with van der Waals surface area (Å²) in [6.45, 7) is 9.39. The smallest absolute Gasteiger partial charge is 0.311 e. The van der Waals surface area contributed by atoms with Crippen LogP contribution in [0.25, 0.3) is 0 Å². The van der Waals surface area contributed by atoms with E-state index >= 15 is 0 Å². The van der Waals surface area contributed by atoms with Crippen molar-refractivity contribution in [3.63, 3.8) is 0 Å². The molecule has 0 aromatic carbocycles. The van der Waals surface area contributed by atoms with Crippen LogP contribution in [-0.4, -0.2) is 54.1 Å². The summed E-state index contributed by atoms with van der Waals surface area (Å²) >= 11 is 0. The molecule has 7 nitrogen and oxygen atoms in total. The van der Waals surface area contributed by atoms with Crippen LogP contribution in [-0.2, 0) is 0 Å². The fourth-order valence-electron chi connectivity index (χ4n) is 2.60. The van der Waals surface area contributed by atoms with E-state index in [9.17, 15) is 10.1 Å². The number of nitrogens with zero attached hydrogens (tertiary/aromatic N) is 4. The number of hydrogen-bond acceptors (Lipinski definition) is 6. The third kappa shape index (κ3) is 3.81. The van der Waals surface area contributed by atoms with Gasteiger partial charge in [-0.3, -0.25) is 15.0 Å². The standard InChI is InChI=1S/C14H23N5O2/c1-3-7-17-8-10-18(11-9-17)14-12(19(20)21)5-6-13(16-14)15-4-2/h5-6H,3-4,7-11H2,1-2H3,(H,15,16). The van der Waals surface area contributed by atoms with E-state index < -0.39 is 0 Å². The summed E-state index contributed by atoms with van der Waals surface area (Å²) in [5, 5.41) is 14.3. The van der Waals surface area contributed by atoms with Crippen LogP contribution in [0.3, 0.4) is 0 Å². The first-order valence-corrected chi connectivity index (χ1v) is 7.52. The molecule has 1 aliphatic rings. The number of aromatic nitrogens is 1. The first-order chi connectivity index (χ1) is 10.2. The van der Waals surface area contributed by atoms with Gasteiger partial charge in [0.2, 0.25) is 5.82 Å². The van der Waals surface area contributed by atoms with Crippen molar-refractivity contribution in [3.05, 3.63) is 22.2 Å². The van der Waals surface area contributed by atoms with E-state index in [1.165, 1.54) is 0 Å². The normalized spacial score (nSPS) is 16.0. The molecule has 1 aromatic heterocycles. The van der Waals surface area contributed by atoms with Crippen LogP contribution in [0.4, 0.5) is 17.3 Å². The van der Waals surface area contributed by atoms with E-state index in [1.54, 1.807) is 12.1 Å². The lowest BCUT2D eigenvalue weighted by Gasteiger charge is -2.35. The fraction of sp³-hybridized carbons (Fsp3) is 0.643. The Balaban J connectivity index is 2.17. The van der Waals surface area contributed by atoms with Gasteiger partial charge in [0.05, 0.1) is 4.92 Å². The molecular formula is C14H23N5O2. The summed E-state index contributed by atoms with van der Waals surface area (Å²) in [7, 11) is 0. The zero-order valence-electron chi connectivity index (χ0n) is 12.7. The molecule has 0 bridgehead atoms. The van der Waals surface area contributed by atoms with Gasteiger partial charge in [-0.05, 0) is 26.0 Å². The molecule has 1 saturated heterocycles. The molecule has 2 heterocycles. The van der Waals surface area contributed by atoms with Crippen molar-refractivity contribution in [1.82, 2.24) is 9.88 Å². The van der Waals surface area contributed by atoms with Crippen molar-refractivity contribution in [2.24, 2.45) is 0 Å². The van der Waals surface area contributed by atoms with Crippen molar-refractivity contribution in [3.8, 4) is 0 Å². The summed E-state index contributed by atoms with van der Waals surface area (Å²) in [5.74, 6) is 1.17.